The van der Waals surface area contributed by atoms with Crippen LogP contribution in [-0.2, 0) is 0 Å². The first-order chi connectivity index (χ1) is 8.24. The number of hydrogen-bond donors (Lipinski definition) is 1. The van der Waals surface area contributed by atoms with Gasteiger partial charge in [0.05, 0.1) is 7.11 Å². The molecule has 1 N–H and O–H groups in total. The van der Waals surface area contributed by atoms with Gasteiger partial charge in [0, 0.05) is 16.6 Å². The number of nitrogens with one attached hydrogen (secondary N) is 1. The van der Waals surface area contributed by atoms with Crippen molar-refractivity contribution in [2.45, 2.75) is 31.7 Å². The first kappa shape index (κ1) is 12.7. The molecule has 1 atom stereocenters. The molecule has 0 heterocycles. The second kappa shape index (κ2) is 5.74. The quantitative estimate of drug-likeness (QED) is 0.833. The van der Waals surface area contributed by atoms with Crippen molar-refractivity contribution in [2.75, 3.05) is 14.2 Å². The number of methoxy groups -OCH3 is 1. The highest BCUT2D eigenvalue weighted by atomic mass is 35.5. The van der Waals surface area contributed by atoms with Gasteiger partial charge in [0.25, 0.3) is 0 Å². The van der Waals surface area contributed by atoms with Gasteiger partial charge in [-0.3, -0.25) is 0 Å². The van der Waals surface area contributed by atoms with E-state index in [1.165, 1.54) is 31.2 Å². The van der Waals surface area contributed by atoms with E-state index in [2.05, 4.69) is 11.4 Å². The van der Waals surface area contributed by atoms with Crippen LogP contribution in [-0.4, -0.2) is 14.2 Å². The van der Waals surface area contributed by atoms with Crippen molar-refractivity contribution in [3.05, 3.63) is 28.8 Å². The van der Waals surface area contributed by atoms with Gasteiger partial charge in [-0.05, 0) is 37.9 Å². The molecule has 1 aromatic rings. The van der Waals surface area contributed by atoms with Crippen molar-refractivity contribution in [2.24, 2.45) is 5.92 Å². The standard InChI is InChI=1S/C14H20ClNO/c1-16-13(8-5-10-3-4-10)12-7-6-11(15)9-14(12)17-2/h6-7,9-10,13,16H,3-5,8H2,1-2H3. The predicted octanol–water partition coefficient (Wildman–Crippen LogP) is 3.80. The van der Waals surface area contributed by atoms with Crippen LogP contribution in [0, 0.1) is 5.92 Å². The fraction of sp³-hybridized carbons (Fsp3) is 0.571. The molecule has 0 amide bonds. The number of hydrogen-bond acceptors (Lipinski definition) is 2. The second-order valence-corrected chi connectivity index (χ2v) is 5.18. The minimum Gasteiger partial charge on any atom is -0.496 e. The van der Waals surface area contributed by atoms with E-state index in [0.29, 0.717) is 6.04 Å². The van der Waals surface area contributed by atoms with Crippen LogP contribution in [0.4, 0.5) is 0 Å². The highest BCUT2D eigenvalue weighted by Crippen LogP contribution is 2.37. The first-order valence-corrected chi connectivity index (χ1v) is 6.63. The third kappa shape index (κ3) is 3.36. The largest absolute Gasteiger partial charge is 0.496 e. The van der Waals surface area contributed by atoms with E-state index < -0.39 is 0 Å². The molecule has 0 aromatic heterocycles. The van der Waals surface area contributed by atoms with Crippen LogP contribution in [0.25, 0.3) is 0 Å². The summed E-state index contributed by atoms with van der Waals surface area (Å²) in [5, 5.41) is 4.10. The summed E-state index contributed by atoms with van der Waals surface area (Å²) in [5.74, 6) is 1.84. The Morgan fingerprint density at radius 3 is 2.82 bits per heavy atom. The van der Waals surface area contributed by atoms with Crippen molar-refractivity contribution in [3.8, 4) is 5.75 Å². The molecule has 94 valence electrons. The lowest BCUT2D eigenvalue weighted by molar-refractivity contribution is 0.396. The molecule has 2 rings (SSSR count). The molecule has 0 radical (unpaired) electrons. The Morgan fingerprint density at radius 1 is 1.47 bits per heavy atom. The van der Waals surface area contributed by atoms with Crippen LogP contribution in [0.1, 0.15) is 37.3 Å². The molecule has 3 heteroatoms. The van der Waals surface area contributed by atoms with E-state index in [-0.39, 0.29) is 0 Å². The van der Waals surface area contributed by atoms with Crippen molar-refractivity contribution in [1.29, 1.82) is 0 Å². The fourth-order valence-electron chi connectivity index (χ4n) is 2.24. The maximum absolute atomic E-state index is 5.98. The number of halogens is 1. The molecule has 1 unspecified atom stereocenters. The Balaban J connectivity index is 2.10. The maximum atomic E-state index is 5.98. The number of benzene rings is 1. The Bertz CT molecular complexity index is 376. The average Bonchev–Trinajstić information content (AvgIpc) is 3.15. The van der Waals surface area contributed by atoms with E-state index in [1.54, 1.807) is 7.11 Å². The average molecular weight is 254 g/mol. The molecule has 17 heavy (non-hydrogen) atoms. The molecule has 1 aliphatic carbocycles. The molecular weight excluding hydrogens is 234 g/mol. The van der Waals surface area contributed by atoms with Crippen LogP contribution in [0.5, 0.6) is 5.75 Å². The third-order valence-electron chi connectivity index (χ3n) is 3.48. The minimum absolute atomic E-state index is 0.364. The molecule has 1 aromatic carbocycles. The van der Waals surface area contributed by atoms with Crippen LogP contribution < -0.4 is 10.1 Å². The molecule has 0 bridgehead atoms. The summed E-state index contributed by atoms with van der Waals surface area (Å²) < 4.78 is 5.41. The zero-order chi connectivity index (χ0) is 12.3. The fourth-order valence-corrected chi connectivity index (χ4v) is 2.40. The molecular formula is C14H20ClNO. The Hall–Kier alpha value is -0.730. The number of ether oxygens (including phenoxy) is 1. The minimum atomic E-state index is 0.364. The molecule has 0 spiro atoms. The van der Waals surface area contributed by atoms with Crippen LogP contribution in [0.3, 0.4) is 0 Å². The SMILES string of the molecule is CNC(CCC1CC1)c1ccc(Cl)cc1OC. The van der Waals surface area contributed by atoms with Crippen molar-refractivity contribution < 1.29 is 4.74 Å². The predicted molar refractivity (Wildman–Crippen MR) is 71.8 cm³/mol. The zero-order valence-electron chi connectivity index (χ0n) is 10.5. The van der Waals surface area contributed by atoms with Gasteiger partial charge >= 0.3 is 0 Å². The van der Waals surface area contributed by atoms with Crippen molar-refractivity contribution in [1.82, 2.24) is 5.32 Å². The molecule has 0 saturated heterocycles. The highest BCUT2D eigenvalue weighted by Gasteiger charge is 2.23. The van der Waals surface area contributed by atoms with E-state index >= 15 is 0 Å². The van der Waals surface area contributed by atoms with Gasteiger partial charge < -0.3 is 10.1 Å². The second-order valence-electron chi connectivity index (χ2n) is 4.75. The monoisotopic (exact) mass is 253 g/mol. The topological polar surface area (TPSA) is 21.3 Å². The van der Waals surface area contributed by atoms with Crippen molar-refractivity contribution in [3.63, 3.8) is 0 Å². The van der Waals surface area contributed by atoms with Gasteiger partial charge in [-0.15, -0.1) is 0 Å². The van der Waals surface area contributed by atoms with Gasteiger partial charge in [-0.1, -0.05) is 30.5 Å². The lowest BCUT2D eigenvalue weighted by atomic mass is 9.99. The van der Waals surface area contributed by atoms with Crippen LogP contribution in [0.2, 0.25) is 5.02 Å². The molecule has 0 aliphatic heterocycles. The normalized spacial score (nSPS) is 16.9. The lowest BCUT2D eigenvalue weighted by Crippen LogP contribution is -2.17. The van der Waals surface area contributed by atoms with Gasteiger partial charge in [0.1, 0.15) is 5.75 Å². The first-order valence-electron chi connectivity index (χ1n) is 6.25. The van der Waals surface area contributed by atoms with Gasteiger partial charge in [-0.25, -0.2) is 0 Å². The lowest BCUT2D eigenvalue weighted by Gasteiger charge is -2.19. The molecule has 2 nitrogen and oxygen atoms in total. The van der Waals surface area contributed by atoms with Crippen LogP contribution in [0.15, 0.2) is 18.2 Å². The Kier molecular flexibility index (Phi) is 4.30. The summed E-state index contributed by atoms with van der Waals surface area (Å²) in [6, 6.07) is 6.25. The molecule has 1 fully saturated rings. The highest BCUT2D eigenvalue weighted by molar-refractivity contribution is 6.30. The van der Waals surface area contributed by atoms with Gasteiger partial charge in [0.2, 0.25) is 0 Å². The zero-order valence-corrected chi connectivity index (χ0v) is 11.3. The van der Waals surface area contributed by atoms with E-state index in [1.807, 2.05) is 19.2 Å². The maximum Gasteiger partial charge on any atom is 0.125 e. The van der Waals surface area contributed by atoms with Gasteiger partial charge in [-0.2, -0.15) is 0 Å². The molecule has 1 saturated carbocycles. The summed E-state index contributed by atoms with van der Waals surface area (Å²) in [6.45, 7) is 0. The van der Waals surface area contributed by atoms with Crippen molar-refractivity contribution >= 4 is 11.6 Å². The summed E-state index contributed by atoms with van der Waals surface area (Å²) in [6.07, 6.45) is 5.29. The third-order valence-corrected chi connectivity index (χ3v) is 3.72. The van der Waals surface area contributed by atoms with E-state index in [9.17, 15) is 0 Å². The van der Waals surface area contributed by atoms with E-state index in [0.717, 1.165) is 16.7 Å². The summed E-state index contributed by atoms with van der Waals surface area (Å²) in [5.41, 5.74) is 1.21. The molecule has 1 aliphatic rings. The van der Waals surface area contributed by atoms with Crippen LogP contribution >= 0.6 is 11.6 Å². The van der Waals surface area contributed by atoms with Gasteiger partial charge in [0.15, 0.2) is 0 Å². The summed E-state index contributed by atoms with van der Waals surface area (Å²) >= 11 is 5.98. The summed E-state index contributed by atoms with van der Waals surface area (Å²) in [4.78, 5) is 0. The smallest absolute Gasteiger partial charge is 0.125 e. The Morgan fingerprint density at radius 2 is 2.24 bits per heavy atom. The van der Waals surface area contributed by atoms with E-state index in [4.69, 9.17) is 16.3 Å². The summed E-state index contributed by atoms with van der Waals surface area (Å²) in [7, 11) is 3.70. The number of rotatable bonds is 6. The Labute approximate surface area is 108 Å².